The van der Waals surface area contributed by atoms with Crippen LogP contribution in [0.4, 0.5) is 5.69 Å². The summed E-state index contributed by atoms with van der Waals surface area (Å²) < 4.78 is 11.5. The average Bonchev–Trinajstić information content (AvgIpc) is 3.21. The lowest BCUT2D eigenvalue weighted by molar-refractivity contribution is -0.139. The van der Waals surface area contributed by atoms with Gasteiger partial charge in [0.05, 0.1) is 20.0 Å². The molecule has 0 saturated heterocycles. The Labute approximate surface area is 194 Å². The van der Waals surface area contributed by atoms with Crippen LogP contribution < -0.4 is 15.4 Å². The van der Waals surface area contributed by atoms with Crippen molar-refractivity contribution in [3.8, 4) is 11.4 Å². The fourth-order valence-electron chi connectivity index (χ4n) is 2.82. The van der Waals surface area contributed by atoms with Gasteiger partial charge in [-0.1, -0.05) is 11.8 Å². The van der Waals surface area contributed by atoms with Crippen molar-refractivity contribution >= 4 is 35.2 Å². The molecular formula is C22H23N5O5S. The number of rotatable bonds is 9. The van der Waals surface area contributed by atoms with E-state index in [1.165, 1.54) is 18.9 Å². The van der Waals surface area contributed by atoms with Crippen molar-refractivity contribution < 1.29 is 23.9 Å². The van der Waals surface area contributed by atoms with Crippen LogP contribution in [-0.4, -0.2) is 59.1 Å². The summed E-state index contributed by atoms with van der Waals surface area (Å²) >= 11 is 1.26. The minimum absolute atomic E-state index is 0.121. The van der Waals surface area contributed by atoms with Crippen molar-refractivity contribution in [2.24, 2.45) is 0 Å². The highest BCUT2D eigenvalue weighted by Gasteiger charge is 2.14. The third-order valence-corrected chi connectivity index (χ3v) is 5.44. The Bertz CT molecular complexity index is 1130. The van der Waals surface area contributed by atoms with E-state index in [1.807, 2.05) is 35.8 Å². The van der Waals surface area contributed by atoms with E-state index >= 15 is 0 Å². The normalized spacial score (nSPS) is 10.4. The number of hydrogen-bond acceptors (Lipinski definition) is 8. The number of nitrogens with one attached hydrogen (secondary N) is 2. The Hall–Kier alpha value is -3.86. The number of nitrogens with zero attached hydrogens (tertiary/aromatic N) is 3. The summed E-state index contributed by atoms with van der Waals surface area (Å²) in [5.41, 5.74) is 1.76. The van der Waals surface area contributed by atoms with E-state index < -0.39 is 11.9 Å². The molecule has 10 nitrogen and oxygen atoms in total. The fourth-order valence-corrected chi connectivity index (χ4v) is 3.62. The molecule has 0 fully saturated rings. The van der Waals surface area contributed by atoms with Crippen molar-refractivity contribution in [2.45, 2.75) is 12.1 Å². The van der Waals surface area contributed by atoms with Crippen molar-refractivity contribution in [2.75, 3.05) is 31.8 Å². The number of thioether (sulfide) groups is 1. The highest BCUT2D eigenvalue weighted by molar-refractivity contribution is 7.99. The minimum atomic E-state index is -0.539. The lowest BCUT2D eigenvalue weighted by Crippen LogP contribution is -2.30. The van der Waals surface area contributed by atoms with Crippen molar-refractivity contribution in [1.29, 1.82) is 0 Å². The van der Waals surface area contributed by atoms with Gasteiger partial charge in [-0.15, -0.1) is 10.2 Å². The maximum Gasteiger partial charge on any atom is 0.325 e. The Kier molecular flexibility index (Phi) is 8.03. The van der Waals surface area contributed by atoms with Gasteiger partial charge < -0.3 is 20.1 Å². The third kappa shape index (κ3) is 6.32. The summed E-state index contributed by atoms with van der Waals surface area (Å²) in [5, 5.41) is 14.1. The van der Waals surface area contributed by atoms with Gasteiger partial charge in [-0.2, -0.15) is 0 Å². The molecule has 172 valence electrons. The quantitative estimate of drug-likeness (QED) is 0.361. The molecule has 2 aromatic carbocycles. The van der Waals surface area contributed by atoms with Crippen LogP contribution in [0, 0.1) is 6.92 Å². The highest BCUT2D eigenvalue weighted by Crippen LogP contribution is 2.23. The van der Waals surface area contributed by atoms with E-state index in [0.29, 0.717) is 22.2 Å². The molecule has 0 saturated carbocycles. The summed E-state index contributed by atoms with van der Waals surface area (Å²) in [6.45, 7) is 1.62. The van der Waals surface area contributed by atoms with Gasteiger partial charge in [0, 0.05) is 16.9 Å². The zero-order valence-electron chi connectivity index (χ0n) is 18.3. The Morgan fingerprint density at radius 2 is 1.70 bits per heavy atom. The largest absolute Gasteiger partial charge is 0.497 e. The van der Waals surface area contributed by atoms with Gasteiger partial charge in [0.1, 0.15) is 18.1 Å². The van der Waals surface area contributed by atoms with Gasteiger partial charge in [-0.05, 0) is 55.5 Å². The predicted molar refractivity (Wildman–Crippen MR) is 123 cm³/mol. The summed E-state index contributed by atoms with van der Waals surface area (Å²) in [6, 6.07) is 13.8. The second-order valence-electron chi connectivity index (χ2n) is 6.74. The number of methoxy groups -OCH3 is 2. The standard InChI is InChI=1S/C22H23N5O5S/c1-14-25-26-22(27(14)17-8-10-18(31-2)11-9-17)33-13-19(28)24-16-6-4-15(5-7-16)21(30)23-12-20(29)32-3/h4-11H,12-13H2,1-3H3,(H,23,30)(H,24,28). The summed E-state index contributed by atoms with van der Waals surface area (Å²) in [7, 11) is 2.85. The number of carbonyl (C=O) groups is 3. The Morgan fingerprint density at radius 1 is 1.00 bits per heavy atom. The molecule has 0 aliphatic carbocycles. The maximum absolute atomic E-state index is 12.4. The summed E-state index contributed by atoms with van der Waals surface area (Å²) in [5.74, 6) is 0.374. The summed E-state index contributed by atoms with van der Waals surface area (Å²) in [4.78, 5) is 35.5. The molecule has 33 heavy (non-hydrogen) atoms. The van der Waals surface area contributed by atoms with Crippen molar-refractivity contribution in [3.05, 3.63) is 59.9 Å². The first-order chi connectivity index (χ1) is 15.9. The van der Waals surface area contributed by atoms with Gasteiger partial charge in [-0.25, -0.2) is 0 Å². The van der Waals surface area contributed by atoms with Crippen LogP contribution in [0.15, 0.2) is 53.7 Å². The monoisotopic (exact) mass is 469 g/mol. The van der Waals surface area contributed by atoms with Crippen LogP contribution in [0.2, 0.25) is 0 Å². The first kappa shape index (κ1) is 23.8. The highest BCUT2D eigenvalue weighted by atomic mass is 32.2. The third-order valence-electron chi connectivity index (χ3n) is 4.51. The van der Waals surface area contributed by atoms with E-state index in [-0.39, 0.29) is 18.2 Å². The van der Waals surface area contributed by atoms with Crippen LogP contribution in [-0.2, 0) is 14.3 Å². The lowest BCUT2D eigenvalue weighted by Gasteiger charge is -2.10. The molecule has 2 amide bonds. The average molecular weight is 470 g/mol. The molecule has 0 aliphatic heterocycles. The van der Waals surface area contributed by atoms with Gasteiger partial charge in [0.2, 0.25) is 5.91 Å². The van der Waals surface area contributed by atoms with Crippen LogP contribution in [0.3, 0.4) is 0 Å². The molecule has 11 heteroatoms. The molecule has 3 aromatic rings. The van der Waals surface area contributed by atoms with Crippen LogP contribution >= 0.6 is 11.8 Å². The second kappa shape index (κ2) is 11.1. The van der Waals surface area contributed by atoms with Gasteiger partial charge in [-0.3, -0.25) is 19.0 Å². The molecule has 3 rings (SSSR count). The van der Waals surface area contributed by atoms with Crippen LogP contribution in [0.1, 0.15) is 16.2 Å². The zero-order chi connectivity index (χ0) is 23.8. The lowest BCUT2D eigenvalue weighted by atomic mass is 10.2. The van der Waals surface area contributed by atoms with Gasteiger partial charge in [0.25, 0.3) is 5.91 Å². The van der Waals surface area contributed by atoms with E-state index in [1.54, 1.807) is 31.4 Å². The number of esters is 1. The molecular weight excluding hydrogens is 446 g/mol. The maximum atomic E-state index is 12.4. The zero-order valence-corrected chi connectivity index (χ0v) is 19.1. The fraction of sp³-hybridized carbons (Fsp3) is 0.227. The second-order valence-corrected chi connectivity index (χ2v) is 7.68. The molecule has 0 bridgehead atoms. The van der Waals surface area contributed by atoms with E-state index in [0.717, 1.165) is 11.4 Å². The number of hydrogen-bond donors (Lipinski definition) is 2. The van der Waals surface area contributed by atoms with Gasteiger partial charge >= 0.3 is 5.97 Å². The Morgan fingerprint density at radius 3 is 2.33 bits per heavy atom. The SMILES string of the molecule is COC(=O)CNC(=O)c1ccc(NC(=O)CSc2nnc(C)n2-c2ccc(OC)cc2)cc1. The summed E-state index contributed by atoms with van der Waals surface area (Å²) in [6.07, 6.45) is 0. The number of anilines is 1. The topological polar surface area (TPSA) is 124 Å². The van der Waals surface area contributed by atoms with Crippen molar-refractivity contribution in [1.82, 2.24) is 20.1 Å². The molecule has 0 radical (unpaired) electrons. The van der Waals surface area contributed by atoms with Crippen LogP contribution in [0.25, 0.3) is 5.69 Å². The first-order valence-corrected chi connectivity index (χ1v) is 10.8. The number of carbonyl (C=O) groups excluding carboxylic acids is 3. The molecule has 0 aliphatic rings. The van der Waals surface area contributed by atoms with Crippen molar-refractivity contribution in [3.63, 3.8) is 0 Å². The molecule has 0 atom stereocenters. The Balaban J connectivity index is 1.57. The number of aromatic nitrogens is 3. The van der Waals surface area contributed by atoms with E-state index in [9.17, 15) is 14.4 Å². The smallest absolute Gasteiger partial charge is 0.325 e. The van der Waals surface area contributed by atoms with E-state index in [2.05, 4.69) is 25.6 Å². The molecule has 0 spiro atoms. The number of benzene rings is 2. The molecule has 1 aromatic heterocycles. The number of aryl methyl sites for hydroxylation is 1. The molecule has 0 unspecified atom stereocenters. The first-order valence-electron chi connectivity index (χ1n) is 9.85. The van der Waals surface area contributed by atoms with Crippen LogP contribution in [0.5, 0.6) is 5.75 Å². The molecule has 1 heterocycles. The minimum Gasteiger partial charge on any atom is -0.497 e. The predicted octanol–water partition coefficient (Wildman–Crippen LogP) is 2.22. The molecule has 2 N–H and O–H groups in total. The number of amides is 2. The number of ether oxygens (including phenoxy) is 2. The van der Waals surface area contributed by atoms with Gasteiger partial charge in [0.15, 0.2) is 5.16 Å². The van der Waals surface area contributed by atoms with E-state index in [4.69, 9.17) is 4.74 Å².